The van der Waals surface area contributed by atoms with Crippen LogP contribution in [0.4, 0.5) is 44.6 Å². The number of carboxylic acids is 1. The van der Waals surface area contributed by atoms with E-state index in [-0.39, 0.29) is 126 Å². The van der Waals surface area contributed by atoms with Crippen LogP contribution in [0.5, 0.6) is 0 Å². The Bertz CT molecular complexity index is 6150. The summed E-state index contributed by atoms with van der Waals surface area (Å²) in [4.78, 5) is 193. The third kappa shape index (κ3) is 26.1. The van der Waals surface area contributed by atoms with Crippen molar-refractivity contribution < 1.29 is 99.6 Å². The Hall–Kier alpha value is -15.8. The highest BCUT2D eigenvalue weighted by Crippen LogP contribution is 2.50. The number of nitrogens with two attached hydrogens (primary N) is 1. The quantitative estimate of drug-likeness (QED) is 0.0104. The minimum absolute atomic E-state index is 0.000117. The van der Waals surface area contributed by atoms with Gasteiger partial charge in [0.1, 0.15) is 85.1 Å². The van der Waals surface area contributed by atoms with E-state index in [9.17, 15) is 85.4 Å². The number of amides is 13. The maximum absolute atomic E-state index is 14.5. The summed E-state index contributed by atoms with van der Waals surface area (Å²) in [5.74, 6) is -5.68. The number of hydrogen-bond donors (Lipinski definition) is 10. The lowest BCUT2D eigenvalue weighted by Gasteiger charge is -2.36. The lowest BCUT2D eigenvalue weighted by molar-refractivity contribution is -0.147. The predicted molar refractivity (Wildman–Crippen MR) is 529 cm³/mol. The highest BCUT2D eigenvalue weighted by atomic mass is 19.1. The Morgan fingerprint density at radius 1 is 0.444 bits per heavy atom. The van der Waals surface area contributed by atoms with Gasteiger partial charge in [-0.1, -0.05) is 224 Å². The molecular weight excluding hydrogens is 1850 g/mol. The molecule has 0 saturated carbocycles. The van der Waals surface area contributed by atoms with Crippen molar-refractivity contribution in [3.8, 4) is 0 Å². The van der Waals surface area contributed by atoms with Crippen LogP contribution in [0, 0.1) is 41.8 Å². The van der Waals surface area contributed by atoms with Crippen molar-refractivity contribution in [1.29, 1.82) is 0 Å². The summed E-state index contributed by atoms with van der Waals surface area (Å²) in [6.45, 7) is 19.9. The number of carboxylic acid groups (broad SMARTS) is 1. The fraction of sp³-hybridized carbons (Fsp3) is 0.361. The number of fused-ring (bicyclic) bond motifs is 6. The van der Waals surface area contributed by atoms with Gasteiger partial charge >= 0.3 is 30.4 Å². The zero-order chi connectivity index (χ0) is 104. The Morgan fingerprint density at radius 2 is 0.771 bits per heavy atom. The number of alkyl carbamates (subject to hydrolysis) is 3. The molecule has 12 atom stereocenters. The Kier molecular flexibility index (Phi) is 36.1. The van der Waals surface area contributed by atoms with Crippen LogP contribution in [0.2, 0.25) is 0 Å². The normalized spacial score (nSPS) is 19.2. The van der Waals surface area contributed by atoms with Gasteiger partial charge in [-0.05, 0) is 155 Å². The van der Waals surface area contributed by atoms with Crippen LogP contribution in [0.1, 0.15) is 130 Å². The number of carbonyl (C=O) groups excluding carboxylic acids is 13. The van der Waals surface area contributed by atoms with Crippen molar-refractivity contribution in [1.82, 2.24) is 51.1 Å². The average Bonchev–Trinajstić information content (AvgIpc) is 1.57. The van der Waals surface area contributed by atoms with Crippen LogP contribution in [-0.4, -0.2) is 209 Å². The number of anilines is 3. The molecule has 3 saturated heterocycles. The topological polar surface area (TPSA) is 430 Å². The number of rotatable bonds is 33. The Balaban J connectivity index is 0.000000179. The smallest absolute Gasteiger partial charge is 0.408 e. The summed E-state index contributed by atoms with van der Waals surface area (Å²) in [5.41, 5.74) is 11.0. The summed E-state index contributed by atoms with van der Waals surface area (Å²) in [6.07, 6.45) is -1.91. The molecule has 0 aliphatic carbocycles. The molecule has 144 heavy (non-hydrogen) atoms. The molecule has 6 aliphatic heterocycles. The largest absolute Gasteiger partial charge is 0.480 e. The number of primary amides is 1. The van der Waals surface area contributed by atoms with Crippen LogP contribution in [-0.2, 0) is 122 Å². The number of para-hydroxylation sites is 3. The second-order valence-electron chi connectivity index (χ2n) is 37.9. The number of carbonyl (C=O) groups is 14. The molecule has 13 amide bonds. The highest BCUT2D eigenvalue weighted by molar-refractivity contribution is 6.10. The van der Waals surface area contributed by atoms with Crippen LogP contribution in [0.25, 0.3) is 4.85 Å². The summed E-state index contributed by atoms with van der Waals surface area (Å²) in [6, 6.07) is 59.1. The summed E-state index contributed by atoms with van der Waals surface area (Å²) >= 11 is 0. The highest BCUT2D eigenvalue weighted by Gasteiger charge is 2.62. The summed E-state index contributed by atoms with van der Waals surface area (Å²) in [7, 11) is 4.72. The molecule has 0 radical (unpaired) electrons. The van der Waals surface area contributed by atoms with E-state index in [0.29, 0.717) is 46.8 Å². The van der Waals surface area contributed by atoms with E-state index in [0.717, 1.165) is 39.1 Å². The third-order valence-electron chi connectivity index (χ3n) is 26.4. The van der Waals surface area contributed by atoms with Gasteiger partial charge in [-0.2, -0.15) is 0 Å². The second kappa shape index (κ2) is 48.6. The van der Waals surface area contributed by atoms with Gasteiger partial charge in [-0.15, -0.1) is 0 Å². The Labute approximate surface area is 833 Å². The first-order chi connectivity index (χ1) is 68.9. The SMILES string of the molecule is CC(C)C[C@@H](C(=O)N1C[C@]2(C[C@H]1NC=O)C(=O)Nc1ccccc12)N(C)C(=O)[C@H](Cc1ccc(F)cc1)NC(=O)OCc1ccccc1.CN[C@@H](CC(C)C)C(=O)N1C[C@]2(C[C@H]1C(N)=O)C(=O)Nc1ccccc12.O=C(N[C@@H](Cc1ccc(F)cc1)C(=O)O)OCc1ccccc1.[C-]#[N+][C@@H]1C[C@@]2(CN1C(=O)[C@H](CC(C)C)N(C)C(=O)[C@H](Cc1ccc(F)cc1)NC(=O)OCc1ccccc1)C(=O)Nc1ccccc12. The first-order valence-corrected chi connectivity index (χ1v) is 47.5. The molecular formula is C108H120F3N15O18. The number of hydrogen-bond acceptors (Lipinski definition) is 18. The van der Waals surface area contributed by atoms with Gasteiger partial charge in [0.2, 0.25) is 53.7 Å². The van der Waals surface area contributed by atoms with E-state index in [4.69, 9.17) is 26.5 Å². The van der Waals surface area contributed by atoms with Gasteiger partial charge in [0, 0.05) is 76.5 Å². The van der Waals surface area contributed by atoms with Crippen LogP contribution < -0.4 is 48.3 Å². The molecule has 756 valence electrons. The van der Waals surface area contributed by atoms with E-state index in [1.807, 2.05) is 157 Å². The Morgan fingerprint density at radius 3 is 1.12 bits per heavy atom. The van der Waals surface area contributed by atoms with E-state index in [2.05, 4.69) is 47.4 Å². The zero-order valence-electron chi connectivity index (χ0n) is 81.4. The number of likely N-dealkylation sites (N-methyl/N-ethyl adjacent to an activating group) is 3. The number of benzene rings is 9. The molecule has 0 aromatic heterocycles. The maximum atomic E-state index is 14.5. The molecule has 9 aromatic rings. The van der Waals surface area contributed by atoms with Crippen molar-refractivity contribution in [2.24, 2.45) is 23.5 Å². The summed E-state index contributed by atoms with van der Waals surface area (Å²) in [5, 5.41) is 31.2. The molecule has 6 aliphatic rings. The number of nitrogens with zero attached hydrogens (tertiary/aromatic N) is 6. The molecule has 3 spiro atoms. The number of likely N-dealkylation sites (tertiary alicyclic amines) is 3. The zero-order valence-corrected chi connectivity index (χ0v) is 81.4. The van der Waals surface area contributed by atoms with Gasteiger partial charge in [-0.3, -0.25) is 57.7 Å². The minimum atomic E-state index is -1.19. The van der Waals surface area contributed by atoms with E-state index in [1.165, 1.54) is 111 Å². The molecule has 0 unspecified atom stereocenters. The van der Waals surface area contributed by atoms with Crippen molar-refractivity contribution in [2.45, 2.75) is 190 Å². The fourth-order valence-corrected chi connectivity index (χ4v) is 19.0. The average molecular weight is 1970 g/mol. The lowest BCUT2D eigenvalue weighted by Crippen LogP contribution is -2.57. The summed E-state index contributed by atoms with van der Waals surface area (Å²) < 4.78 is 56.0. The number of nitrogens with one attached hydrogen (secondary N) is 8. The van der Waals surface area contributed by atoms with Crippen LogP contribution in [0.3, 0.4) is 0 Å². The fourth-order valence-electron chi connectivity index (χ4n) is 19.0. The van der Waals surface area contributed by atoms with Gasteiger partial charge in [0.25, 0.3) is 5.91 Å². The number of halogens is 3. The second-order valence-corrected chi connectivity index (χ2v) is 37.9. The van der Waals surface area contributed by atoms with Gasteiger partial charge < -0.3 is 87.2 Å². The molecule has 9 aromatic carbocycles. The van der Waals surface area contributed by atoms with E-state index in [1.54, 1.807) is 55.6 Å². The van der Waals surface area contributed by atoms with Crippen molar-refractivity contribution >= 4 is 101 Å². The number of aliphatic carboxylic acids is 1. The van der Waals surface area contributed by atoms with Crippen LogP contribution >= 0.6 is 0 Å². The molecule has 3 fully saturated rings. The van der Waals surface area contributed by atoms with Gasteiger partial charge in [0.05, 0.1) is 23.3 Å². The van der Waals surface area contributed by atoms with Crippen molar-refractivity contribution in [3.05, 3.63) is 316 Å². The molecule has 11 N–H and O–H groups in total. The van der Waals surface area contributed by atoms with Crippen molar-refractivity contribution in [3.63, 3.8) is 0 Å². The predicted octanol–water partition coefficient (Wildman–Crippen LogP) is 12.0. The monoisotopic (exact) mass is 1970 g/mol. The minimum Gasteiger partial charge on any atom is -0.480 e. The molecule has 0 bridgehead atoms. The van der Waals surface area contributed by atoms with E-state index < -0.39 is 142 Å². The first-order valence-electron chi connectivity index (χ1n) is 47.5. The molecule has 6 heterocycles. The van der Waals surface area contributed by atoms with E-state index >= 15 is 0 Å². The maximum Gasteiger partial charge on any atom is 0.408 e. The van der Waals surface area contributed by atoms with Gasteiger partial charge in [0.15, 0.2) is 0 Å². The standard InChI is InChI=1S/C36H40FN5O6.C36H38FN5O5.C19H26N4O3.C17H16FNO4/c1-23(2)17-30(33(45)42-21-36(19-31(42)38-22-43)27-11-7-8-12-28(27)39-34(36)46)41(3)32(44)29(18-24-13-15-26(37)16-14-24)40-35(47)48-20-25-9-5-4-6-10-25;1-23(2)18-30(33(44)42-22-36(20-31(42)38-3)27-12-8-9-13-28(27)39-34(36)45)41(4)32(43)29(19-24-14-16-26(37)17-15-24)40-35(46)47-21-25-10-6-5-7-11-25;1-11(2)8-14(21-3)17(25)23-10-19(9-15(23)16(20)24)12-6-4-5-7-13(12)22-18(19)26;18-14-8-6-12(7-9-14)10-15(16(20)21)19-17(22)23-11-13-4-2-1-3-5-13/h4-16,22-23,29-31H,17-21H2,1-3H3,(H,38,43)(H,39,46)(H,40,47);5-17,23,29-31H,18-22H2,1-2,4H3,(H,39,45)(H,40,46);4-7,11,14-15,21H,8-10H2,1-3H3,(H2,20,24)(H,22,26);1-9,15H,10-11H2,(H,19,22)(H,20,21)/t2*29-,30-,31-,36-;14-,15-,19-;15-/m0000/s1. The number of ether oxygens (including phenoxy) is 3. The molecule has 33 nitrogen and oxygen atoms in total. The molecule has 36 heteroatoms. The lowest BCUT2D eigenvalue weighted by atomic mass is 9.79. The van der Waals surface area contributed by atoms with Crippen LogP contribution in [0.15, 0.2) is 237 Å². The van der Waals surface area contributed by atoms with Gasteiger partial charge in [-0.25, -0.2) is 38.9 Å². The first kappa shape index (κ1) is 107. The third-order valence-corrected chi connectivity index (χ3v) is 26.4. The van der Waals surface area contributed by atoms with Crippen molar-refractivity contribution in [2.75, 3.05) is 56.7 Å². The molecule has 15 rings (SSSR count).